The van der Waals surface area contributed by atoms with Gasteiger partial charge in [0, 0.05) is 13.1 Å². The minimum absolute atomic E-state index is 0.0220. The third-order valence-corrected chi connectivity index (χ3v) is 4.83. The van der Waals surface area contributed by atoms with Gasteiger partial charge in [-0.15, -0.1) is 0 Å². The van der Waals surface area contributed by atoms with Gasteiger partial charge in [-0.25, -0.2) is 4.68 Å². The number of nitrogens with zero attached hydrogens (tertiary/aromatic N) is 3. The van der Waals surface area contributed by atoms with Gasteiger partial charge < -0.3 is 14.4 Å². The number of carbonyl (C=O) groups excluding carboxylic acids is 1. The highest BCUT2D eigenvalue weighted by molar-refractivity contribution is 7.08. The number of hydrogen-bond acceptors (Lipinski definition) is 6. The van der Waals surface area contributed by atoms with E-state index in [0.717, 1.165) is 28.9 Å². The molecule has 0 bridgehead atoms. The maximum Gasteiger partial charge on any atom is 0.325 e. The number of aromatic nitrogens is 2. The summed E-state index contributed by atoms with van der Waals surface area (Å²) < 4.78 is 11.9. The lowest BCUT2D eigenvalue weighted by molar-refractivity contribution is -0.133. The molecule has 1 aliphatic heterocycles. The standard InChI is InChI=1S/C16H19N3O4S/c1-10-17-19(16(21)24-10)9-15(20)18-5-4-11-6-13(22-2)14(23-3)7-12(11)8-18/h6-7H,4-5,8-9H2,1-3H3. The molecule has 0 fully saturated rings. The normalized spacial score (nSPS) is 13.5. The molecule has 2 aromatic rings. The molecule has 1 aromatic carbocycles. The molecule has 0 atom stereocenters. The first kappa shape index (κ1) is 16.5. The van der Waals surface area contributed by atoms with Gasteiger partial charge in [0.1, 0.15) is 11.6 Å². The maximum absolute atomic E-state index is 12.5. The third kappa shape index (κ3) is 3.14. The SMILES string of the molecule is COc1cc2c(cc1OC)CN(C(=O)Cn1nc(C)sc1=O)CC2. The Hall–Kier alpha value is -2.35. The van der Waals surface area contributed by atoms with Gasteiger partial charge in [0.05, 0.1) is 14.2 Å². The van der Waals surface area contributed by atoms with E-state index >= 15 is 0 Å². The van der Waals surface area contributed by atoms with Crippen LogP contribution in [-0.4, -0.2) is 41.4 Å². The van der Waals surface area contributed by atoms with Crippen LogP contribution in [0.15, 0.2) is 16.9 Å². The molecule has 0 N–H and O–H groups in total. The molecule has 0 spiro atoms. The zero-order valence-corrected chi connectivity index (χ0v) is 14.7. The van der Waals surface area contributed by atoms with Crippen LogP contribution in [0.3, 0.4) is 0 Å². The van der Waals surface area contributed by atoms with Crippen molar-refractivity contribution in [2.45, 2.75) is 26.4 Å². The van der Waals surface area contributed by atoms with Crippen molar-refractivity contribution in [3.8, 4) is 11.5 Å². The molecule has 0 unspecified atom stereocenters. The molecule has 0 radical (unpaired) electrons. The fourth-order valence-electron chi connectivity index (χ4n) is 2.83. The van der Waals surface area contributed by atoms with Crippen LogP contribution < -0.4 is 14.3 Å². The van der Waals surface area contributed by atoms with E-state index in [9.17, 15) is 9.59 Å². The lowest BCUT2D eigenvalue weighted by atomic mass is 9.98. The van der Waals surface area contributed by atoms with E-state index in [4.69, 9.17) is 9.47 Å². The molecular weight excluding hydrogens is 330 g/mol. The molecule has 128 valence electrons. The van der Waals surface area contributed by atoms with Crippen LogP contribution in [0, 0.1) is 6.92 Å². The van der Waals surface area contributed by atoms with E-state index in [2.05, 4.69) is 5.10 Å². The van der Waals surface area contributed by atoms with Crippen molar-refractivity contribution in [1.82, 2.24) is 14.7 Å². The average Bonchev–Trinajstić information content (AvgIpc) is 2.90. The second kappa shape index (κ2) is 6.64. The second-order valence-corrected chi connectivity index (χ2v) is 6.73. The zero-order chi connectivity index (χ0) is 17.3. The summed E-state index contributed by atoms with van der Waals surface area (Å²) in [6, 6.07) is 3.87. The van der Waals surface area contributed by atoms with Crippen molar-refractivity contribution in [3.63, 3.8) is 0 Å². The number of carbonyl (C=O) groups is 1. The fourth-order valence-corrected chi connectivity index (χ4v) is 3.44. The van der Waals surface area contributed by atoms with Crippen molar-refractivity contribution in [1.29, 1.82) is 0 Å². The molecule has 1 amide bonds. The van der Waals surface area contributed by atoms with Gasteiger partial charge in [-0.1, -0.05) is 11.3 Å². The van der Waals surface area contributed by atoms with Gasteiger partial charge in [-0.3, -0.25) is 9.59 Å². The van der Waals surface area contributed by atoms with E-state index < -0.39 is 0 Å². The predicted molar refractivity (Wildman–Crippen MR) is 89.8 cm³/mol. The number of benzene rings is 1. The Balaban J connectivity index is 1.78. The average molecular weight is 349 g/mol. The summed E-state index contributed by atoms with van der Waals surface area (Å²) in [5.74, 6) is 1.24. The first-order chi connectivity index (χ1) is 11.5. The summed E-state index contributed by atoms with van der Waals surface area (Å²) in [6.45, 7) is 2.83. The van der Waals surface area contributed by atoms with E-state index in [-0.39, 0.29) is 17.3 Å². The number of hydrogen-bond donors (Lipinski definition) is 0. The number of methoxy groups -OCH3 is 2. The molecule has 0 saturated heterocycles. The largest absolute Gasteiger partial charge is 0.493 e. The van der Waals surface area contributed by atoms with E-state index in [0.29, 0.717) is 29.6 Å². The number of rotatable bonds is 4. The first-order valence-corrected chi connectivity index (χ1v) is 8.39. The molecule has 2 heterocycles. The highest BCUT2D eigenvalue weighted by atomic mass is 32.1. The van der Waals surface area contributed by atoms with Crippen molar-refractivity contribution >= 4 is 17.2 Å². The third-order valence-electron chi connectivity index (χ3n) is 4.06. The zero-order valence-electron chi connectivity index (χ0n) is 13.9. The summed E-state index contributed by atoms with van der Waals surface area (Å²) in [5, 5.41) is 4.74. The molecule has 1 aromatic heterocycles. The topological polar surface area (TPSA) is 73.7 Å². The van der Waals surface area contributed by atoms with E-state index in [1.165, 1.54) is 4.68 Å². The Labute approximate surface area is 143 Å². The second-order valence-electron chi connectivity index (χ2n) is 5.59. The highest BCUT2D eigenvalue weighted by Crippen LogP contribution is 2.33. The number of fused-ring (bicyclic) bond motifs is 1. The first-order valence-electron chi connectivity index (χ1n) is 7.58. The van der Waals surface area contributed by atoms with Gasteiger partial charge in [-0.2, -0.15) is 5.10 Å². The van der Waals surface area contributed by atoms with Crippen LogP contribution >= 0.6 is 11.3 Å². The minimum Gasteiger partial charge on any atom is -0.493 e. The van der Waals surface area contributed by atoms with Crippen LogP contribution in [0.5, 0.6) is 11.5 Å². The Bertz CT molecular complexity index is 827. The van der Waals surface area contributed by atoms with Gasteiger partial charge in [-0.05, 0) is 36.6 Å². The van der Waals surface area contributed by atoms with Crippen LogP contribution in [-0.2, 0) is 24.3 Å². The quantitative estimate of drug-likeness (QED) is 0.830. The van der Waals surface area contributed by atoms with Crippen molar-refractivity contribution in [2.75, 3.05) is 20.8 Å². The van der Waals surface area contributed by atoms with Gasteiger partial charge in [0.25, 0.3) is 0 Å². The van der Waals surface area contributed by atoms with Crippen LogP contribution in [0.2, 0.25) is 0 Å². The van der Waals surface area contributed by atoms with Crippen LogP contribution in [0.25, 0.3) is 0 Å². The maximum atomic E-state index is 12.5. The van der Waals surface area contributed by atoms with Crippen molar-refractivity contribution in [2.24, 2.45) is 0 Å². The Morgan fingerprint density at radius 1 is 1.25 bits per heavy atom. The summed E-state index contributed by atoms with van der Waals surface area (Å²) in [4.78, 5) is 25.8. The molecule has 24 heavy (non-hydrogen) atoms. The Morgan fingerprint density at radius 3 is 2.50 bits per heavy atom. The van der Waals surface area contributed by atoms with E-state index in [1.54, 1.807) is 26.0 Å². The Kier molecular flexibility index (Phi) is 4.57. The number of aryl methyl sites for hydroxylation is 1. The highest BCUT2D eigenvalue weighted by Gasteiger charge is 2.23. The van der Waals surface area contributed by atoms with Gasteiger partial charge >= 0.3 is 4.87 Å². The molecule has 7 nitrogen and oxygen atoms in total. The van der Waals surface area contributed by atoms with Gasteiger partial charge in [0.15, 0.2) is 11.5 Å². The predicted octanol–water partition coefficient (Wildman–Crippen LogP) is 1.22. The smallest absolute Gasteiger partial charge is 0.325 e. The molecule has 3 rings (SSSR count). The molecule has 1 aliphatic rings. The molecule has 0 aliphatic carbocycles. The van der Waals surface area contributed by atoms with Crippen molar-refractivity contribution < 1.29 is 14.3 Å². The monoisotopic (exact) mass is 349 g/mol. The minimum atomic E-state index is -0.204. The molecular formula is C16H19N3O4S. The lowest BCUT2D eigenvalue weighted by Crippen LogP contribution is -2.39. The van der Waals surface area contributed by atoms with Crippen LogP contribution in [0.1, 0.15) is 16.1 Å². The fraction of sp³-hybridized carbons (Fsp3) is 0.438. The summed E-state index contributed by atoms with van der Waals surface area (Å²) >= 11 is 1.05. The molecule has 0 saturated carbocycles. The summed E-state index contributed by atoms with van der Waals surface area (Å²) in [7, 11) is 3.20. The molecule has 8 heteroatoms. The van der Waals surface area contributed by atoms with Crippen LogP contribution in [0.4, 0.5) is 0 Å². The van der Waals surface area contributed by atoms with Crippen molar-refractivity contribution in [3.05, 3.63) is 37.9 Å². The summed E-state index contributed by atoms with van der Waals surface area (Å²) in [5.41, 5.74) is 2.19. The Morgan fingerprint density at radius 2 is 1.92 bits per heavy atom. The number of amides is 1. The van der Waals surface area contributed by atoms with Gasteiger partial charge in [0.2, 0.25) is 5.91 Å². The number of ether oxygens (including phenoxy) is 2. The van der Waals surface area contributed by atoms with E-state index in [1.807, 2.05) is 12.1 Å². The lowest BCUT2D eigenvalue weighted by Gasteiger charge is -2.29. The summed E-state index contributed by atoms with van der Waals surface area (Å²) in [6.07, 6.45) is 0.742.